The summed E-state index contributed by atoms with van der Waals surface area (Å²) in [4.78, 5) is 14.2. The monoisotopic (exact) mass is 366 g/mol. The van der Waals surface area contributed by atoms with E-state index in [1.807, 2.05) is 41.5 Å². The van der Waals surface area contributed by atoms with Gasteiger partial charge in [0.25, 0.3) is 0 Å². The van der Waals surface area contributed by atoms with Crippen LogP contribution in [0.2, 0.25) is 0 Å². The highest BCUT2D eigenvalue weighted by atomic mass is 32.2. The largest absolute Gasteiger partial charge is 0.340 e. The number of nitrogens with zero attached hydrogens (tertiary/aromatic N) is 2. The summed E-state index contributed by atoms with van der Waals surface area (Å²) in [6.07, 6.45) is 1.35. The minimum Gasteiger partial charge on any atom is -0.340 e. The molecule has 0 atom stereocenters. The van der Waals surface area contributed by atoms with Crippen molar-refractivity contribution in [1.82, 2.24) is 9.21 Å². The third kappa shape index (κ3) is 3.60. The first-order valence-corrected chi connectivity index (χ1v) is 10.4. The van der Waals surface area contributed by atoms with Crippen molar-refractivity contribution in [2.24, 2.45) is 0 Å². The van der Waals surface area contributed by atoms with E-state index in [1.54, 1.807) is 4.90 Å². The molecule has 0 radical (unpaired) electrons. The summed E-state index contributed by atoms with van der Waals surface area (Å²) in [5.74, 6) is 0.119. The fourth-order valence-electron chi connectivity index (χ4n) is 3.53. The summed E-state index contributed by atoms with van der Waals surface area (Å²) in [6, 6.07) is 0. The molecule has 0 bridgehead atoms. The molecule has 1 saturated heterocycles. The van der Waals surface area contributed by atoms with Crippen molar-refractivity contribution in [1.29, 1.82) is 0 Å². The number of hydrogen-bond donors (Lipinski definition) is 0. The highest BCUT2D eigenvalue weighted by Crippen LogP contribution is 2.31. The molecular weight excluding hydrogens is 336 g/mol. The third-order valence-electron chi connectivity index (χ3n) is 5.58. The van der Waals surface area contributed by atoms with Gasteiger partial charge in [-0.1, -0.05) is 6.92 Å². The molecule has 0 N–H and O–H groups in total. The number of rotatable bonds is 4. The van der Waals surface area contributed by atoms with E-state index in [1.165, 1.54) is 4.31 Å². The summed E-state index contributed by atoms with van der Waals surface area (Å²) in [7, 11) is -3.55. The van der Waals surface area contributed by atoms with Gasteiger partial charge in [0, 0.05) is 32.6 Å². The molecule has 0 saturated carbocycles. The van der Waals surface area contributed by atoms with Gasteiger partial charge >= 0.3 is 0 Å². The van der Waals surface area contributed by atoms with Gasteiger partial charge in [0.05, 0.1) is 4.90 Å². The fourth-order valence-corrected chi connectivity index (χ4v) is 5.51. The molecule has 0 unspecified atom stereocenters. The third-order valence-corrected chi connectivity index (χ3v) is 7.76. The first kappa shape index (κ1) is 19.9. The molecule has 25 heavy (non-hydrogen) atoms. The molecule has 2 rings (SSSR count). The number of carbonyl (C=O) groups excluding carboxylic acids is 1. The number of piperazine rings is 1. The summed E-state index contributed by atoms with van der Waals surface area (Å²) in [5, 5.41) is 0. The molecule has 1 amide bonds. The summed E-state index contributed by atoms with van der Waals surface area (Å²) >= 11 is 0. The number of sulfonamides is 1. The van der Waals surface area contributed by atoms with Crippen molar-refractivity contribution in [2.75, 3.05) is 26.2 Å². The van der Waals surface area contributed by atoms with Crippen LogP contribution in [0.15, 0.2) is 4.90 Å². The lowest BCUT2D eigenvalue weighted by Crippen LogP contribution is -2.50. The predicted molar refractivity (Wildman–Crippen MR) is 100 cm³/mol. The van der Waals surface area contributed by atoms with Crippen molar-refractivity contribution >= 4 is 15.9 Å². The van der Waals surface area contributed by atoms with Crippen LogP contribution in [0, 0.1) is 34.6 Å². The minimum absolute atomic E-state index is 0.119. The Morgan fingerprint density at radius 2 is 1.28 bits per heavy atom. The Labute approximate surface area is 152 Å². The van der Waals surface area contributed by atoms with E-state index >= 15 is 0 Å². The Hall–Kier alpha value is -1.40. The molecule has 6 heteroatoms. The molecule has 5 nitrogen and oxygen atoms in total. The van der Waals surface area contributed by atoms with Crippen LogP contribution < -0.4 is 0 Å². The molecule has 1 aromatic carbocycles. The molecule has 1 aliphatic heterocycles. The van der Waals surface area contributed by atoms with Crippen molar-refractivity contribution in [2.45, 2.75) is 59.3 Å². The van der Waals surface area contributed by atoms with E-state index < -0.39 is 10.0 Å². The summed E-state index contributed by atoms with van der Waals surface area (Å²) in [5.41, 5.74) is 4.91. The van der Waals surface area contributed by atoms with E-state index in [9.17, 15) is 13.2 Å². The Morgan fingerprint density at radius 3 is 1.72 bits per heavy atom. The van der Waals surface area contributed by atoms with Gasteiger partial charge in [-0.25, -0.2) is 8.42 Å². The highest BCUT2D eigenvalue weighted by Gasteiger charge is 2.33. The lowest BCUT2D eigenvalue weighted by Gasteiger charge is -2.35. The lowest BCUT2D eigenvalue weighted by molar-refractivity contribution is -0.132. The van der Waals surface area contributed by atoms with Crippen LogP contribution in [0.5, 0.6) is 0 Å². The smallest absolute Gasteiger partial charge is 0.243 e. The van der Waals surface area contributed by atoms with Gasteiger partial charge in [-0.2, -0.15) is 4.31 Å². The average Bonchev–Trinajstić information content (AvgIpc) is 2.58. The van der Waals surface area contributed by atoms with E-state index in [0.717, 1.165) is 34.2 Å². The molecule has 1 fully saturated rings. The maximum absolute atomic E-state index is 13.3. The molecule has 1 aliphatic rings. The van der Waals surface area contributed by atoms with Crippen LogP contribution in [-0.4, -0.2) is 49.7 Å². The van der Waals surface area contributed by atoms with Gasteiger partial charge in [0.15, 0.2) is 0 Å². The zero-order chi connectivity index (χ0) is 18.9. The SMILES string of the molecule is CCCC(=O)N1CCN(S(=O)(=O)c2c(C)c(C)c(C)c(C)c2C)CC1. The predicted octanol–water partition coefficient (Wildman–Crippen LogP) is 2.86. The van der Waals surface area contributed by atoms with Gasteiger partial charge in [0.2, 0.25) is 15.9 Å². The quantitative estimate of drug-likeness (QED) is 0.823. The van der Waals surface area contributed by atoms with Crippen molar-refractivity contribution in [3.63, 3.8) is 0 Å². The van der Waals surface area contributed by atoms with Gasteiger partial charge in [0.1, 0.15) is 0 Å². The number of benzene rings is 1. The maximum atomic E-state index is 13.3. The number of hydrogen-bond acceptors (Lipinski definition) is 3. The van der Waals surface area contributed by atoms with Crippen LogP contribution in [0.1, 0.15) is 47.6 Å². The molecule has 0 aliphatic carbocycles. The van der Waals surface area contributed by atoms with Crippen LogP contribution in [-0.2, 0) is 14.8 Å². The minimum atomic E-state index is -3.55. The van der Waals surface area contributed by atoms with E-state index in [-0.39, 0.29) is 5.91 Å². The molecule has 1 heterocycles. The summed E-state index contributed by atoms with van der Waals surface area (Å²) in [6.45, 7) is 13.4. The lowest BCUT2D eigenvalue weighted by atomic mass is 9.95. The second-order valence-electron chi connectivity index (χ2n) is 6.99. The van der Waals surface area contributed by atoms with Gasteiger partial charge in [-0.05, 0) is 68.9 Å². The standard InChI is InChI=1S/C19H30N2O3S/c1-7-8-18(22)20-9-11-21(12-10-20)25(23,24)19-16(5)14(3)13(2)15(4)17(19)6/h7-12H2,1-6H3. The van der Waals surface area contributed by atoms with Gasteiger partial charge < -0.3 is 4.90 Å². The Bertz CT molecular complexity index is 747. The first-order valence-electron chi connectivity index (χ1n) is 8.97. The molecule has 1 aromatic rings. The topological polar surface area (TPSA) is 57.7 Å². The molecule has 0 aromatic heterocycles. The summed E-state index contributed by atoms with van der Waals surface area (Å²) < 4.78 is 28.1. The molecule has 140 valence electrons. The first-order chi connectivity index (χ1) is 11.6. The van der Waals surface area contributed by atoms with Gasteiger partial charge in [-0.15, -0.1) is 0 Å². The van der Waals surface area contributed by atoms with Crippen molar-refractivity contribution < 1.29 is 13.2 Å². The molecular formula is C19H30N2O3S. The van der Waals surface area contributed by atoms with Crippen LogP contribution in [0.3, 0.4) is 0 Å². The van der Waals surface area contributed by atoms with Crippen molar-refractivity contribution in [3.05, 3.63) is 27.8 Å². The highest BCUT2D eigenvalue weighted by molar-refractivity contribution is 7.89. The maximum Gasteiger partial charge on any atom is 0.243 e. The van der Waals surface area contributed by atoms with Crippen LogP contribution in [0.4, 0.5) is 0 Å². The van der Waals surface area contributed by atoms with E-state index in [0.29, 0.717) is 37.5 Å². The van der Waals surface area contributed by atoms with E-state index in [4.69, 9.17) is 0 Å². The van der Waals surface area contributed by atoms with Gasteiger partial charge in [-0.3, -0.25) is 4.79 Å². The fraction of sp³-hybridized carbons (Fsp3) is 0.632. The van der Waals surface area contributed by atoms with Crippen LogP contribution in [0.25, 0.3) is 0 Å². The zero-order valence-electron chi connectivity index (χ0n) is 16.3. The van der Waals surface area contributed by atoms with Crippen molar-refractivity contribution in [3.8, 4) is 0 Å². The second-order valence-corrected chi connectivity index (χ2v) is 8.86. The molecule has 0 spiro atoms. The Kier molecular flexibility index (Phi) is 5.94. The number of amides is 1. The normalized spacial score (nSPS) is 16.3. The second kappa shape index (κ2) is 7.46. The Morgan fingerprint density at radius 1 is 0.840 bits per heavy atom. The average molecular weight is 367 g/mol. The van der Waals surface area contributed by atoms with Crippen LogP contribution >= 0.6 is 0 Å². The Balaban J connectivity index is 2.32. The number of carbonyl (C=O) groups is 1. The zero-order valence-corrected chi connectivity index (χ0v) is 17.1. The van der Waals surface area contributed by atoms with E-state index in [2.05, 4.69) is 0 Å².